The quantitative estimate of drug-likeness (QED) is 0.525. The fourth-order valence-corrected chi connectivity index (χ4v) is 1.78. The van der Waals surface area contributed by atoms with Gasteiger partial charge in [-0.25, -0.2) is 0 Å². The number of carbonyl (C=O) groups excluding carboxylic acids is 1. The van der Waals surface area contributed by atoms with Crippen LogP contribution in [0.4, 0.5) is 11.4 Å². The number of primary amides is 1. The maximum atomic E-state index is 10.5. The SMILES string of the molecule is NC(=O)COCCNc1ccc(N)c2ncccc12. The maximum Gasteiger partial charge on any atom is 0.243 e. The molecule has 0 aliphatic carbocycles. The van der Waals surface area contributed by atoms with Crippen molar-refractivity contribution in [2.24, 2.45) is 5.73 Å². The molecular formula is C13H16N4O2. The summed E-state index contributed by atoms with van der Waals surface area (Å²) in [6, 6.07) is 7.51. The van der Waals surface area contributed by atoms with Gasteiger partial charge in [0.25, 0.3) is 0 Å². The molecule has 0 fully saturated rings. The first kappa shape index (κ1) is 13.1. The van der Waals surface area contributed by atoms with E-state index < -0.39 is 5.91 Å². The van der Waals surface area contributed by atoms with Crippen LogP contribution in [0.15, 0.2) is 30.5 Å². The summed E-state index contributed by atoms with van der Waals surface area (Å²) in [4.78, 5) is 14.8. The first-order chi connectivity index (χ1) is 9.18. The fourth-order valence-electron chi connectivity index (χ4n) is 1.78. The van der Waals surface area contributed by atoms with Crippen LogP contribution in [0.25, 0.3) is 10.9 Å². The lowest BCUT2D eigenvalue weighted by molar-refractivity contribution is -0.122. The molecule has 19 heavy (non-hydrogen) atoms. The molecule has 0 aliphatic heterocycles. The van der Waals surface area contributed by atoms with Crippen LogP contribution in [0.5, 0.6) is 0 Å². The first-order valence-corrected chi connectivity index (χ1v) is 5.91. The zero-order chi connectivity index (χ0) is 13.7. The van der Waals surface area contributed by atoms with Crippen LogP contribution < -0.4 is 16.8 Å². The zero-order valence-electron chi connectivity index (χ0n) is 10.4. The van der Waals surface area contributed by atoms with Crippen LogP contribution in [0, 0.1) is 0 Å². The van der Waals surface area contributed by atoms with E-state index in [2.05, 4.69) is 10.3 Å². The average molecular weight is 260 g/mol. The highest BCUT2D eigenvalue weighted by Gasteiger charge is 2.04. The predicted octanol–water partition coefficient (Wildman–Crippen LogP) is 0.731. The molecule has 0 saturated carbocycles. The molecule has 0 radical (unpaired) electrons. The van der Waals surface area contributed by atoms with E-state index in [-0.39, 0.29) is 6.61 Å². The second kappa shape index (κ2) is 6.01. The van der Waals surface area contributed by atoms with Crippen molar-refractivity contribution in [1.29, 1.82) is 0 Å². The topological polar surface area (TPSA) is 103 Å². The minimum absolute atomic E-state index is 0.0638. The molecule has 1 heterocycles. The van der Waals surface area contributed by atoms with Crippen molar-refractivity contribution in [3.05, 3.63) is 30.5 Å². The number of aromatic nitrogens is 1. The largest absolute Gasteiger partial charge is 0.397 e. The van der Waals surface area contributed by atoms with Gasteiger partial charge in [-0.1, -0.05) is 0 Å². The van der Waals surface area contributed by atoms with E-state index in [4.69, 9.17) is 16.2 Å². The Balaban J connectivity index is 2.01. The molecule has 2 aromatic rings. The highest BCUT2D eigenvalue weighted by atomic mass is 16.5. The van der Waals surface area contributed by atoms with Gasteiger partial charge in [-0.05, 0) is 24.3 Å². The second-order valence-corrected chi connectivity index (χ2v) is 4.05. The predicted molar refractivity (Wildman–Crippen MR) is 74.7 cm³/mol. The smallest absolute Gasteiger partial charge is 0.243 e. The van der Waals surface area contributed by atoms with Gasteiger partial charge in [-0.15, -0.1) is 0 Å². The number of hydrogen-bond acceptors (Lipinski definition) is 5. The van der Waals surface area contributed by atoms with Crippen LogP contribution in [0.1, 0.15) is 0 Å². The third-order valence-corrected chi connectivity index (χ3v) is 2.61. The molecule has 0 saturated heterocycles. The first-order valence-electron chi connectivity index (χ1n) is 5.91. The molecule has 0 spiro atoms. The fraction of sp³-hybridized carbons (Fsp3) is 0.231. The normalized spacial score (nSPS) is 10.5. The van der Waals surface area contributed by atoms with E-state index in [0.717, 1.165) is 16.6 Å². The Morgan fingerprint density at radius 3 is 3.00 bits per heavy atom. The van der Waals surface area contributed by atoms with Gasteiger partial charge in [0, 0.05) is 23.8 Å². The van der Waals surface area contributed by atoms with Crippen LogP contribution >= 0.6 is 0 Å². The molecule has 6 nitrogen and oxygen atoms in total. The lowest BCUT2D eigenvalue weighted by Gasteiger charge is -2.10. The summed E-state index contributed by atoms with van der Waals surface area (Å²) in [6.45, 7) is 0.905. The average Bonchev–Trinajstić information content (AvgIpc) is 2.41. The molecule has 100 valence electrons. The number of nitrogens with two attached hydrogens (primary N) is 2. The Bertz CT molecular complexity index is 586. The summed E-state index contributed by atoms with van der Waals surface area (Å²) < 4.78 is 5.08. The summed E-state index contributed by atoms with van der Waals surface area (Å²) in [7, 11) is 0. The van der Waals surface area contributed by atoms with Gasteiger partial charge >= 0.3 is 0 Å². The van der Waals surface area contributed by atoms with E-state index in [1.807, 2.05) is 24.3 Å². The Morgan fingerprint density at radius 1 is 1.37 bits per heavy atom. The van der Waals surface area contributed by atoms with Gasteiger partial charge in [0.15, 0.2) is 0 Å². The number of ether oxygens (including phenoxy) is 1. The van der Waals surface area contributed by atoms with E-state index >= 15 is 0 Å². The summed E-state index contributed by atoms with van der Waals surface area (Å²) >= 11 is 0. The number of benzene rings is 1. The molecule has 5 N–H and O–H groups in total. The number of nitrogens with zero attached hydrogens (tertiary/aromatic N) is 1. The summed E-state index contributed by atoms with van der Waals surface area (Å²) in [5.74, 6) is -0.470. The number of nitrogen functional groups attached to an aromatic ring is 1. The molecule has 0 unspecified atom stereocenters. The number of hydrogen-bond donors (Lipinski definition) is 3. The Kier molecular flexibility index (Phi) is 4.15. The van der Waals surface area contributed by atoms with E-state index in [1.54, 1.807) is 6.20 Å². The number of fused-ring (bicyclic) bond motifs is 1. The van der Waals surface area contributed by atoms with Crippen molar-refractivity contribution in [2.45, 2.75) is 0 Å². The van der Waals surface area contributed by atoms with Crippen molar-refractivity contribution in [3.8, 4) is 0 Å². The van der Waals surface area contributed by atoms with Crippen molar-refractivity contribution >= 4 is 28.2 Å². The minimum atomic E-state index is -0.470. The highest BCUT2D eigenvalue weighted by molar-refractivity contribution is 5.98. The Morgan fingerprint density at radius 2 is 2.21 bits per heavy atom. The highest BCUT2D eigenvalue weighted by Crippen LogP contribution is 2.25. The van der Waals surface area contributed by atoms with Crippen LogP contribution in [-0.4, -0.2) is 30.6 Å². The third kappa shape index (κ3) is 3.32. The maximum absolute atomic E-state index is 10.5. The lowest BCUT2D eigenvalue weighted by Crippen LogP contribution is -2.20. The lowest BCUT2D eigenvalue weighted by atomic mass is 10.1. The molecule has 6 heteroatoms. The van der Waals surface area contributed by atoms with E-state index in [1.165, 1.54) is 0 Å². The molecular weight excluding hydrogens is 244 g/mol. The van der Waals surface area contributed by atoms with Crippen molar-refractivity contribution < 1.29 is 9.53 Å². The summed E-state index contributed by atoms with van der Waals surface area (Å²) in [5.41, 5.74) is 13.2. The number of anilines is 2. The van der Waals surface area contributed by atoms with Crippen molar-refractivity contribution in [1.82, 2.24) is 4.98 Å². The Hall–Kier alpha value is -2.34. The van der Waals surface area contributed by atoms with E-state index in [9.17, 15) is 4.79 Å². The summed E-state index contributed by atoms with van der Waals surface area (Å²) in [5, 5.41) is 4.17. The molecule has 1 amide bonds. The summed E-state index contributed by atoms with van der Waals surface area (Å²) in [6.07, 6.45) is 1.71. The number of rotatable bonds is 6. The number of nitrogens with one attached hydrogen (secondary N) is 1. The molecule has 0 atom stereocenters. The molecule has 1 aromatic heterocycles. The number of amides is 1. The van der Waals surface area contributed by atoms with Gasteiger partial charge in [0.2, 0.25) is 5.91 Å². The number of carbonyl (C=O) groups is 1. The van der Waals surface area contributed by atoms with Gasteiger partial charge < -0.3 is 21.5 Å². The van der Waals surface area contributed by atoms with Gasteiger partial charge in [0.1, 0.15) is 6.61 Å². The van der Waals surface area contributed by atoms with Crippen LogP contribution in [0.3, 0.4) is 0 Å². The van der Waals surface area contributed by atoms with Crippen LogP contribution in [0.2, 0.25) is 0 Å². The van der Waals surface area contributed by atoms with Crippen molar-refractivity contribution in [3.63, 3.8) is 0 Å². The molecule has 1 aromatic carbocycles. The van der Waals surface area contributed by atoms with Gasteiger partial charge in [0.05, 0.1) is 17.8 Å². The van der Waals surface area contributed by atoms with E-state index in [0.29, 0.717) is 18.8 Å². The monoisotopic (exact) mass is 260 g/mol. The third-order valence-electron chi connectivity index (χ3n) is 2.61. The Labute approximate surface area is 110 Å². The van der Waals surface area contributed by atoms with Crippen LogP contribution in [-0.2, 0) is 9.53 Å². The minimum Gasteiger partial charge on any atom is -0.397 e. The number of pyridine rings is 1. The van der Waals surface area contributed by atoms with Crippen molar-refractivity contribution in [2.75, 3.05) is 30.8 Å². The molecule has 0 aliphatic rings. The molecule has 2 rings (SSSR count). The zero-order valence-corrected chi connectivity index (χ0v) is 10.4. The molecule has 0 bridgehead atoms. The van der Waals surface area contributed by atoms with Gasteiger partial charge in [-0.2, -0.15) is 0 Å². The standard InChI is InChI=1S/C13H16N4O2/c14-10-3-4-11(9-2-1-5-17-13(9)10)16-6-7-19-8-12(15)18/h1-5,16H,6-8,14H2,(H2,15,18). The van der Waals surface area contributed by atoms with Gasteiger partial charge in [-0.3, -0.25) is 9.78 Å². The second-order valence-electron chi connectivity index (χ2n) is 4.05.